The standard InChI is InChI=1S/C30H35FN4O5.2ClH/c31-21-4-5-24-20(19-39-28(24)16-21)18-38-27-3-1-2-26-25(27)17-29(33-26)40-30(37)32-22-6-10-34(11-7-22)14-15-35-12-8-23(36)9-13-35;;/h1-5,16-17,19,22-23,33,36H,6-15,18H2,(H,32,37);2*1H. The van der Waals surface area contributed by atoms with E-state index in [-0.39, 0.29) is 49.4 Å². The molecule has 0 aliphatic carbocycles. The van der Waals surface area contributed by atoms with Gasteiger partial charge >= 0.3 is 6.09 Å². The van der Waals surface area contributed by atoms with E-state index in [0.717, 1.165) is 86.8 Å². The highest BCUT2D eigenvalue weighted by Gasteiger charge is 2.23. The zero-order valence-electron chi connectivity index (χ0n) is 23.2. The Bertz CT molecular complexity index is 1460. The molecule has 42 heavy (non-hydrogen) atoms. The van der Waals surface area contributed by atoms with Crippen LogP contribution in [-0.2, 0) is 6.61 Å². The minimum absolute atomic E-state index is 0. The quantitative estimate of drug-likeness (QED) is 0.239. The van der Waals surface area contributed by atoms with Crippen molar-refractivity contribution < 1.29 is 28.2 Å². The Morgan fingerprint density at radius 3 is 2.45 bits per heavy atom. The Kier molecular flexibility index (Phi) is 11.0. The molecule has 2 aliphatic heterocycles. The van der Waals surface area contributed by atoms with E-state index in [1.807, 2.05) is 18.2 Å². The number of aliphatic hydroxyl groups is 1. The first-order valence-corrected chi connectivity index (χ1v) is 14.0. The maximum absolute atomic E-state index is 13.5. The van der Waals surface area contributed by atoms with E-state index in [4.69, 9.17) is 13.9 Å². The van der Waals surface area contributed by atoms with Gasteiger partial charge in [-0.1, -0.05) is 6.07 Å². The van der Waals surface area contributed by atoms with Gasteiger partial charge in [0, 0.05) is 73.8 Å². The zero-order valence-corrected chi connectivity index (χ0v) is 24.9. The largest absolute Gasteiger partial charge is 0.488 e. The summed E-state index contributed by atoms with van der Waals surface area (Å²) in [5.41, 5.74) is 2.08. The molecule has 0 bridgehead atoms. The number of aliphatic hydroxyl groups excluding tert-OH is 1. The van der Waals surface area contributed by atoms with Crippen molar-refractivity contribution in [2.75, 3.05) is 39.3 Å². The third kappa shape index (κ3) is 7.67. The fourth-order valence-corrected chi connectivity index (χ4v) is 5.63. The number of piperidine rings is 2. The number of furan rings is 1. The first-order valence-electron chi connectivity index (χ1n) is 14.0. The number of H-pyrrole nitrogens is 1. The van der Waals surface area contributed by atoms with E-state index in [2.05, 4.69) is 20.1 Å². The molecule has 228 valence electrons. The Morgan fingerprint density at radius 2 is 1.71 bits per heavy atom. The van der Waals surface area contributed by atoms with Crippen molar-refractivity contribution in [1.29, 1.82) is 0 Å². The average Bonchev–Trinajstić information content (AvgIpc) is 3.55. The summed E-state index contributed by atoms with van der Waals surface area (Å²) in [7, 11) is 0. The smallest absolute Gasteiger partial charge is 0.414 e. The van der Waals surface area contributed by atoms with Crippen molar-refractivity contribution >= 4 is 52.8 Å². The molecule has 0 radical (unpaired) electrons. The number of aromatic amines is 1. The highest BCUT2D eigenvalue weighted by atomic mass is 35.5. The van der Waals surface area contributed by atoms with Crippen LogP contribution in [0.4, 0.5) is 9.18 Å². The SMILES string of the molecule is Cl.Cl.O=C(NC1CCN(CCN2CCC(O)CC2)CC1)Oc1cc2c(OCc3coc4cc(F)ccc34)cccc2[nH]1. The highest BCUT2D eigenvalue weighted by Crippen LogP contribution is 2.31. The van der Waals surface area contributed by atoms with Crippen LogP contribution in [0.25, 0.3) is 21.9 Å². The van der Waals surface area contributed by atoms with Gasteiger partial charge in [-0.15, -0.1) is 24.8 Å². The summed E-state index contributed by atoms with van der Waals surface area (Å²) in [6.45, 7) is 6.11. The van der Waals surface area contributed by atoms with Crippen molar-refractivity contribution in [3.63, 3.8) is 0 Å². The molecule has 9 nitrogen and oxygen atoms in total. The summed E-state index contributed by atoms with van der Waals surface area (Å²) < 4.78 is 30.6. The minimum Gasteiger partial charge on any atom is -0.488 e. The lowest BCUT2D eigenvalue weighted by molar-refractivity contribution is 0.0739. The number of ether oxygens (including phenoxy) is 2. The lowest BCUT2D eigenvalue weighted by Gasteiger charge is -2.35. The lowest BCUT2D eigenvalue weighted by atomic mass is 10.1. The molecule has 4 aromatic rings. The van der Waals surface area contributed by atoms with Gasteiger partial charge in [0.2, 0.25) is 5.88 Å². The van der Waals surface area contributed by atoms with Gasteiger partial charge in [0.25, 0.3) is 0 Å². The topological polar surface area (TPSA) is 103 Å². The van der Waals surface area contributed by atoms with Gasteiger partial charge in [0.05, 0.1) is 17.9 Å². The lowest BCUT2D eigenvalue weighted by Crippen LogP contribution is -2.47. The monoisotopic (exact) mass is 622 g/mol. The number of nitrogens with one attached hydrogen (secondary N) is 2. The fraction of sp³-hybridized carbons (Fsp3) is 0.433. The van der Waals surface area contributed by atoms with Crippen LogP contribution in [0.1, 0.15) is 31.2 Å². The number of carbonyl (C=O) groups excluding carboxylic acids is 1. The van der Waals surface area contributed by atoms with Gasteiger partial charge in [-0.2, -0.15) is 0 Å². The molecule has 2 fully saturated rings. The van der Waals surface area contributed by atoms with Gasteiger partial charge in [0.15, 0.2) is 0 Å². The summed E-state index contributed by atoms with van der Waals surface area (Å²) in [6, 6.07) is 11.9. The molecule has 4 heterocycles. The van der Waals surface area contributed by atoms with E-state index >= 15 is 0 Å². The first kappa shape index (κ1) is 31.9. The fourth-order valence-electron chi connectivity index (χ4n) is 5.63. The van der Waals surface area contributed by atoms with E-state index < -0.39 is 6.09 Å². The molecule has 1 amide bonds. The second kappa shape index (κ2) is 14.4. The maximum atomic E-state index is 13.5. The summed E-state index contributed by atoms with van der Waals surface area (Å²) >= 11 is 0. The predicted octanol–water partition coefficient (Wildman–Crippen LogP) is 5.49. The third-order valence-electron chi connectivity index (χ3n) is 8.00. The van der Waals surface area contributed by atoms with Crippen LogP contribution in [0.15, 0.2) is 53.1 Å². The molecule has 2 aliphatic rings. The van der Waals surface area contributed by atoms with Crippen LogP contribution in [0.3, 0.4) is 0 Å². The van der Waals surface area contributed by atoms with E-state index in [0.29, 0.717) is 17.2 Å². The summed E-state index contributed by atoms with van der Waals surface area (Å²) in [5, 5.41) is 14.3. The Balaban J connectivity index is 0.00000202. The highest BCUT2D eigenvalue weighted by molar-refractivity contribution is 5.88. The number of rotatable bonds is 8. The van der Waals surface area contributed by atoms with Gasteiger partial charge in [-0.3, -0.25) is 0 Å². The molecule has 0 atom stereocenters. The van der Waals surface area contributed by atoms with Crippen molar-refractivity contribution in [3.05, 3.63) is 60.1 Å². The summed E-state index contributed by atoms with van der Waals surface area (Å²) in [4.78, 5) is 20.7. The van der Waals surface area contributed by atoms with Crippen LogP contribution in [-0.4, -0.2) is 77.4 Å². The third-order valence-corrected chi connectivity index (χ3v) is 8.00. The number of hydrogen-bond acceptors (Lipinski definition) is 7. The number of amides is 1. The molecule has 0 saturated carbocycles. The zero-order chi connectivity index (χ0) is 27.5. The van der Waals surface area contributed by atoms with E-state index in [1.165, 1.54) is 12.1 Å². The van der Waals surface area contributed by atoms with Crippen molar-refractivity contribution in [2.45, 2.75) is 44.4 Å². The van der Waals surface area contributed by atoms with Crippen LogP contribution < -0.4 is 14.8 Å². The molecular weight excluding hydrogens is 586 g/mol. The molecule has 0 spiro atoms. The van der Waals surface area contributed by atoms with Gasteiger partial charge < -0.3 is 39.1 Å². The Labute approximate surface area is 256 Å². The molecule has 6 rings (SSSR count). The first-order chi connectivity index (χ1) is 19.5. The summed E-state index contributed by atoms with van der Waals surface area (Å²) in [5.74, 6) is 0.630. The minimum atomic E-state index is -0.476. The molecule has 2 aromatic carbocycles. The molecule has 2 aromatic heterocycles. The second-order valence-electron chi connectivity index (χ2n) is 10.8. The van der Waals surface area contributed by atoms with Gasteiger partial charge in [-0.25, -0.2) is 9.18 Å². The van der Waals surface area contributed by atoms with Crippen LogP contribution in [0.2, 0.25) is 0 Å². The Morgan fingerprint density at radius 1 is 1.00 bits per heavy atom. The number of likely N-dealkylation sites (tertiary alicyclic amines) is 2. The number of nitrogens with zero attached hydrogens (tertiary/aromatic N) is 2. The molecule has 3 N–H and O–H groups in total. The van der Waals surface area contributed by atoms with Crippen LogP contribution in [0, 0.1) is 5.82 Å². The maximum Gasteiger partial charge on any atom is 0.414 e. The van der Waals surface area contributed by atoms with Crippen LogP contribution in [0.5, 0.6) is 11.6 Å². The normalized spacial score (nSPS) is 17.1. The molecular formula is C30H37Cl2FN4O5. The van der Waals surface area contributed by atoms with E-state index in [9.17, 15) is 14.3 Å². The van der Waals surface area contributed by atoms with Gasteiger partial charge in [0.1, 0.15) is 23.8 Å². The van der Waals surface area contributed by atoms with E-state index in [1.54, 1.807) is 18.4 Å². The number of halogens is 3. The van der Waals surface area contributed by atoms with Crippen LogP contribution >= 0.6 is 24.8 Å². The van der Waals surface area contributed by atoms with Gasteiger partial charge in [-0.05, 0) is 49.9 Å². The molecule has 2 saturated heterocycles. The average molecular weight is 624 g/mol. The number of fused-ring (bicyclic) bond motifs is 2. The number of benzene rings is 2. The Hall–Kier alpha value is -3.02. The van der Waals surface area contributed by atoms with Crippen molar-refractivity contribution in [1.82, 2.24) is 20.1 Å². The van der Waals surface area contributed by atoms with Crippen molar-refractivity contribution in [2.24, 2.45) is 0 Å². The molecule has 12 heteroatoms. The number of aromatic nitrogens is 1. The second-order valence-corrected chi connectivity index (χ2v) is 10.8. The summed E-state index contributed by atoms with van der Waals surface area (Å²) in [6.07, 6.45) is 4.46. The predicted molar refractivity (Wildman–Crippen MR) is 164 cm³/mol. The van der Waals surface area contributed by atoms with Crippen molar-refractivity contribution in [3.8, 4) is 11.6 Å². The number of hydrogen-bond donors (Lipinski definition) is 3. The number of carbonyl (C=O) groups is 1. The molecule has 0 unspecified atom stereocenters.